The van der Waals surface area contributed by atoms with Gasteiger partial charge in [0.25, 0.3) is 0 Å². The zero-order valence-corrected chi connectivity index (χ0v) is 12.9. The highest BCUT2D eigenvalue weighted by molar-refractivity contribution is 5.85. The van der Waals surface area contributed by atoms with Crippen LogP contribution in [-0.2, 0) is 23.7 Å². The lowest BCUT2D eigenvalue weighted by atomic mass is 9.97. The number of Topliss-reactive ketones (excluding diaryl/α,β-unsaturated/α-hetero) is 1. The average Bonchev–Trinajstić information content (AvgIpc) is 2.55. The van der Waals surface area contributed by atoms with E-state index >= 15 is 0 Å². The standard InChI is InChI=1S/C16H20O6/c1-16(19-3)8-12(17)14-13(22-16)9-20-15(21-14)10-4-6-11(18-2)7-5-10/h4-7,13-15H,8-9H2,1-3H3/t13-,14+,15-,16+/m1/s1. The highest BCUT2D eigenvalue weighted by Gasteiger charge is 2.48. The quantitative estimate of drug-likeness (QED) is 0.849. The number of rotatable bonds is 3. The third kappa shape index (κ3) is 2.87. The van der Waals surface area contributed by atoms with Gasteiger partial charge in [-0.05, 0) is 19.1 Å². The lowest BCUT2D eigenvalue weighted by molar-refractivity contribution is -0.328. The molecule has 120 valence electrons. The Bertz CT molecular complexity index is 542. The fourth-order valence-corrected chi connectivity index (χ4v) is 2.74. The zero-order valence-electron chi connectivity index (χ0n) is 12.9. The molecule has 4 atom stereocenters. The zero-order chi connectivity index (χ0) is 15.7. The van der Waals surface area contributed by atoms with Crippen LogP contribution in [-0.4, -0.2) is 44.6 Å². The molecule has 2 fully saturated rings. The van der Waals surface area contributed by atoms with Crippen molar-refractivity contribution in [3.63, 3.8) is 0 Å². The van der Waals surface area contributed by atoms with E-state index in [9.17, 15) is 4.79 Å². The maximum atomic E-state index is 12.3. The van der Waals surface area contributed by atoms with Gasteiger partial charge in [0.2, 0.25) is 0 Å². The lowest BCUT2D eigenvalue weighted by Gasteiger charge is -2.44. The summed E-state index contributed by atoms with van der Waals surface area (Å²) in [4.78, 5) is 12.3. The molecule has 0 unspecified atom stereocenters. The van der Waals surface area contributed by atoms with Crippen molar-refractivity contribution >= 4 is 5.78 Å². The van der Waals surface area contributed by atoms with E-state index in [-0.39, 0.29) is 18.8 Å². The van der Waals surface area contributed by atoms with E-state index < -0.39 is 24.3 Å². The van der Waals surface area contributed by atoms with Crippen LogP contribution in [0.4, 0.5) is 0 Å². The number of methoxy groups -OCH3 is 2. The Hall–Kier alpha value is -1.47. The minimum Gasteiger partial charge on any atom is -0.497 e. The van der Waals surface area contributed by atoms with Gasteiger partial charge in [-0.1, -0.05) is 12.1 Å². The fourth-order valence-electron chi connectivity index (χ4n) is 2.74. The normalized spacial score (nSPS) is 35.0. The molecule has 0 N–H and O–H groups in total. The van der Waals surface area contributed by atoms with Crippen LogP contribution in [0.3, 0.4) is 0 Å². The molecule has 1 aromatic rings. The average molecular weight is 308 g/mol. The van der Waals surface area contributed by atoms with Crippen LogP contribution in [0.5, 0.6) is 5.75 Å². The molecule has 0 radical (unpaired) electrons. The molecule has 1 aromatic carbocycles. The first kappa shape index (κ1) is 15.4. The Morgan fingerprint density at radius 2 is 1.95 bits per heavy atom. The minimum atomic E-state index is -0.905. The first-order chi connectivity index (χ1) is 10.5. The van der Waals surface area contributed by atoms with Gasteiger partial charge < -0.3 is 23.7 Å². The van der Waals surface area contributed by atoms with Gasteiger partial charge in [0.1, 0.15) is 18.0 Å². The Morgan fingerprint density at radius 3 is 2.59 bits per heavy atom. The van der Waals surface area contributed by atoms with E-state index in [1.807, 2.05) is 24.3 Å². The van der Waals surface area contributed by atoms with E-state index in [4.69, 9.17) is 23.7 Å². The summed E-state index contributed by atoms with van der Waals surface area (Å²) in [6.45, 7) is 2.03. The second-order valence-corrected chi connectivity index (χ2v) is 5.63. The summed E-state index contributed by atoms with van der Waals surface area (Å²) < 4.78 is 27.7. The monoisotopic (exact) mass is 308 g/mol. The van der Waals surface area contributed by atoms with Gasteiger partial charge in [-0.15, -0.1) is 0 Å². The minimum absolute atomic E-state index is 0.0255. The molecular weight excluding hydrogens is 288 g/mol. The Kier molecular flexibility index (Phi) is 4.18. The smallest absolute Gasteiger partial charge is 0.184 e. The molecule has 2 heterocycles. The van der Waals surface area contributed by atoms with Crippen molar-refractivity contribution in [3.05, 3.63) is 29.8 Å². The summed E-state index contributed by atoms with van der Waals surface area (Å²) in [7, 11) is 3.14. The molecule has 2 saturated heterocycles. The molecule has 0 saturated carbocycles. The number of hydrogen-bond acceptors (Lipinski definition) is 6. The molecule has 0 bridgehead atoms. The lowest BCUT2D eigenvalue weighted by Crippen LogP contribution is -2.57. The molecule has 6 nitrogen and oxygen atoms in total. The highest BCUT2D eigenvalue weighted by atomic mass is 16.7. The van der Waals surface area contributed by atoms with Gasteiger partial charge in [-0.2, -0.15) is 0 Å². The summed E-state index contributed by atoms with van der Waals surface area (Å²) in [5, 5.41) is 0. The van der Waals surface area contributed by atoms with Crippen molar-refractivity contribution in [2.45, 2.75) is 37.6 Å². The molecule has 0 aliphatic carbocycles. The first-order valence-corrected chi connectivity index (χ1v) is 7.21. The molecule has 3 rings (SSSR count). The Labute approximate surface area is 129 Å². The van der Waals surface area contributed by atoms with Crippen LogP contribution in [0.25, 0.3) is 0 Å². The van der Waals surface area contributed by atoms with Crippen LogP contribution in [0.1, 0.15) is 25.2 Å². The largest absolute Gasteiger partial charge is 0.497 e. The predicted molar refractivity (Wildman–Crippen MR) is 76.5 cm³/mol. The van der Waals surface area contributed by atoms with E-state index in [2.05, 4.69) is 0 Å². The van der Waals surface area contributed by atoms with Gasteiger partial charge in [0.05, 0.1) is 20.1 Å². The van der Waals surface area contributed by atoms with Crippen LogP contribution in [0.15, 0.2) is 24.3 Å². The van der Waals surface area contributed by atoms with Crippen LogP contribution in [0.2, 0.25) is 0 Å². The number of ether oxygens (including phenoxy) is 5. The van der Waals surface area contributed by atoms with Gasteiger partial charge in [0.15, 0.2) is 17.9 Å². The number of ketones is 1. The van der Waals surface area contributed by atoms with E-state index in [0.29, 0.717) is 0 Å². The second-order valence-electron chi connectivity index (χ2n) is 5.63. The topological polar surface area (TPSA) is 63.2 Å². The highest BCUT2D eigenvalue weighted by Crippen LogP contribution is 2.36. The maximum absolute atomic E-state index is 12.3. The van der Waals surface area contributed by atoms with Crippen LogP contribution >= 0.6 is 0 Å². The van der Waals surface area contributed by atoms with Crippen molar-refractivity contribution < 1.29 is 28.5 Å². The second kappa shape index (κ2) is 5.96. The molecule has 2 aliphatic rings. The van der Waals surface area contributed by atoms with E-state index in [1.54, 1.807) is 14.0 Å². The van der Waals surface area contributed by atoms with Crippen molar-refractivity contribution in [2.24, 2.45) is 0 Å². The molecular formula is C16H20O6. The van der Waals surface area contributed by atoms with Crippen LogP contribution in [0, 0.1) is 0 Å². The maximum Gasteiger partial charge on any atom is 0.184 e. The molecule has 0 aromatic heterocycles. The molecule has 0 spiro atoms. The number of benzene rings is 1. The summed E-state index contributed by atoms with van der Waals surface area (Å²) >= 11 is 0. The summed E-state index contributed by atoms with van der Waals surface area (Å²) in [5.74, 6) is -0.175. The third-order valence-corrected chi connectivity index (χ3v) is 4.05. The molecule has 2 aliphatic heterocycles. The number of hydrogen-bond donors (Lipinski definition) is 0. The van der Waals surface area contributed by atoms with Gasteiger partial charge in [-0.25, -0.2) is 0 Å². The van der Waals surface area contributed by atoms with E-state index in [1.165, 1.54) is 7.11 Å². The summed E-state index contributed by atoms with van der Waals surface area (Å²) in [6, 6.07) is 7.37. The Balaban J connectivity index is 1.72. The number of fused-ring (bicyclic) bond motifs is 1. The van der Waals surface area contributed by atoms with Gasteiger partial charge in [-0.3, -0.25) is 4.79 Å². The van der Waals surface area contributed by atoms with Gasteiger partial charge >= 0.3 is 0 Å². The van der Waals surface area contributed by atoms with Crippen molar-refractivity contribution in [1.82, 2.24) is 0 Å². The van der Waals surface area contributed by atoms with Gasteiger partial charge in [0, 0.05) is 12.7 Å². The van der Waals surface area contributed by atoms with E-state index in [0.717, 1.165) is 11.3 Å². The SMILES string of the molecule is COc1ccc([C@@H]2OC[C@H]3O[C@](C)(OC)CC(=O)[C@@H]3O2)cc1. The molecule has 22 heavy (non-hydrogen) atoms. The van der Waals surface area contributed by atoms with Crippen molar-refractivity contribution in [3.8, 4) is 5.75 Å². The Morgan fingerprint density at radius 1 is 1.23 bits per heavy atom. The fraction of sp³-hybridized carbons (Fsp3) is 0.562. The summed E-state index contributed by atoms with van der Waals surface area (Å²) in [5.41, 5.74) is 0.840. The predicted octanol–water partition coefficient (Wildman–Crippen LogP) is 1.83. The number of carbonyl (C=O) groups is 1. The summed E-state index contributed by atoms with van der Waals surface area (Å²) in [6.07, 6.45) is -1.48. The number of carbonyl (C=O) groups excluding carboxylic acids is 1. The first-order valence-electron chi connectivity index (χ1n) is 7.21. The van der Waals surface area contributed by atoms with Crippen molar-refractivity contribution in [1.29, 1.82) is 0 Å². The van der Waals surface area contributed by atoms with Crippen LogP contribution < -0.4 is 4.74 Å². The third-order valence-electron chi connectivity index (χ3n) is 4.05. The molecule has 6 heteroatoms. The molecule has 0 amide bonds. The van der Waals surface area contributed by atoms with Crippen molar-refractivity contribution in [2.75, 3.05) is 20.8 Å².